The van der Waals surface area contributed by atoms with Gasteiger partial charge in [0.25, 0.3) is 0 Å². The molecular formula is C22H22O9. The van der Waals surface area contributed by atoms with E-state index in [0.717, 1.165) is 0 Å². The molecule has 0 amide bonds. The standard InChI is InChI=1S/C22H22O9/c1-29-14-8-6-13(7-9-14)16(23)10-5-12-3-2-4-15(11-12)30-22-19(26)17(24)18(25)20(31-22)21(27)28/h2-11,17-20,22,24-26H,1H3,(H,27,28)/b10-5+. The smallest absolute Gasteiger partial charge is 0.335 e. The molecule has 0 aromatic heterocycles. The van der Waals surface area contributed by atoms with Gasteiger partial charge in [-0.3, -0.25) is 4.79 Å². The summed E-state index contributed by atoms with van der Waals surface area (Å²) in [5.74, 6) is -0.877. The van der Waals surface area contributed by atoms with Gasteiger partial charge in [0.2, 0.25) is 6.29 Å². The van der Waals surface area contributed by atoms with Crippen molar-refractivity contribution < 1.29 is 44.2 Å². The third-order valence-corrected chi connectivity index (χ3v) is 4.73. The third kappa shape index (κ3) is 5.28. The Morgan fingerprint density at radius 3 is 2.32 bits per heavy atom. The summed E-state index contributed by atoms with van der Waals surface area (Å²) in [6, 6.07) is 13.1. The number of aliphatic carboxylic acids is 1. The van der Waals surface area contributed by atoms with E-state index in [2.05, 4.69) is 0 Å². The van der Waals surface area contributed by atoms with E-state index < -0.39 is 36.7 Å². The number of aliphatic hydroxyl groups is 3. The van der Waals surface area contributed by atoms with Gasteiger partial charge in [-0.1, -0.05) is 18.2 Å². The van der Waals surface area contributed by atoms with Crippen LogP contribution in [0.25, 0.3) is 6.08 Å². The average molecular weight is 430 g/mol. The van der Waals surface area contributed by atoms with Crippen molar-refractivity contribution >= 4 is 17.8 Å². The quantitative estimate of drug-likeness (QED) is 0.371. The molecule has 5 unspecified atom stereocenters. The highest BCUT2D eigenvalue weighted by molar-refractivity contribution is 6.06. The molecule has 0 bridgehead atoms. The van der Waals surface area contributed by atoms with Gasteiger partial charge in [-0.05, 0) is 48.0 Å². The second-order valence-electron chi connectivity index (χ2n) is 6.85. The zero-order valence-corrected chi connectivity index (χ0v) is 16.5. The molecule has 0 radical (unpaired) electrons. The van der Waals surface area contributed by atoms with Crippen molar-refractivity contribution in [1.82, 2.24) is 0 Å². The molecular weight excluding hydrogens is 408 g/mol. The van der Waals surface area contributed by atoms with Gasteiger partial charge < -0.3 is 34.6 Å². The van der Waals surface area contributed by atoms with Crippen molar-refractivity contribution in [3.63, 3.8) is 0 Å². The first-order valence-corrected chi connectivity index (χ1v) is 9.36. The molecule has 31 heavy (non-hydrogen) atoms. The highest BCUT2D eigenvalue weighted by Crippen LogP contribution is 2.25. The van der Waals surface area contributed by atoms with Crippen LogP contribution in [0.1, 0.15) is 15.9 Å². The van der Waals surface area contributed by atoms with Crippen molar-refractivity contribution in [3.8, 4) is 11.5 Å². The Bertz CT molecular complexity index is 954. The molecule has 9 heteroatoms. The van der Waals surface area contributed by atoms with Crippen LogP contribution in [0.15, 0.2) is 54.6 Å². The van der Waals surface area contributed by atoms with Gasteiger partial charge in [-0.15, -0.1) is 0 Å². The summed E-state index contributed by atoms with van der Waals surface area (Å²) in [6.07, 6.45) is -5.55. The Morgan fingerprint density at radius 2 is 1.68 bits per heavy atom. The molecule has 164 valence electrons. The van der Waals surface area contributed by atoms with Gasteiger partial charge in [-0.2, -0.15) is 0 Å². The number of methoxy groups -OCH3 is 1. The molecule has 4 N–H and O–H groups in total. The fourth-order valence-electron chi connectivity index (χ4n) is 3.00. The van der Waals surface area contributed by atoms with Crippen LogP contribution in [-0.2, 0) is 9.53 Å². The first-order chi connectivity index (χ1) is 14.8. The summed E-state index contributed by atoms with van der Waals surface area (Å²) in [6.45, 7) is 0. The highest BCUT2D eigenvalue weighted by atomic mass is 16.7. The minimum atomic E-state index is -1.80. The average Bonchev–Trinajstić information content (AvgIpc) is 2.78. The lowest BCUT2D eigenvalue weighted by Gasteiger charge is -2.38. The number of benzene rings is 2. The number of aliphatic hydroxyl groups excluding tert-OH is 3. The van der Waals surface area contributed by atoms with Crippen molar-refractivity contribution in [1.29, 1.82) is 0 Å². The van der Waals surface area contributed by atoms with Gasteiger partial charge in [0.1, 0.15) is 29.8 Å². The number of carboxylic acids is 1. The molecule has 3 rings (SSSR count). The number of carbonyl (C=O) groups excluding carboxylic acids is 1. The lowest BCUT2D eigenvalue weighted by Crippen LogP contribution is -2.61. The SMILES string of the molecule is COc1ccc(C(=O)/C=C/c2cccc(OC3OC(C(=O)O)C(O)C(O)C3O)c2)cc1. The van der Waals surface area contributed by atoms with Gasteiger partial charge in [-0.25, -0.2) is 4.79 Å². The number of rotatable bonds is 7. The molecule has 5 atom stereocenters. The number of carboxylic acid groups (broad SMARTS) is 1. The summed E-state index contributed by atoms with van der Waals surface area (Å²) in [4.78, 5) is 23.5. The Balaban J connectivity index is 1.70. The summed E-state index contributed by atoms with van der Waals surface area (Å²) < 4.78 is 15.6. The monoisotopic (exact) mass is 430 g/mol. The van der Waals surface area contributed by atoms with Crippen molar-refractivity contribution in [2.75, 3.05) is 7.11 Å². The Labute approximate surface area is 177 Å². The van der Waals surface area contributed by atoms with Gasteiger partial charge in [0.15, 0.2) is 11.9 Å². The maximum atomic E-state index is 12.3. The van der Waals surface area contributed by atoms with Gasteiger partial charge in [0.05, 0.1) is 7.11 Å². The Morgan fingerprint density at radius 1 is 0.968 bits per heavy atom. The fourth-order valence-corrected chi connectivity index (χ4v) is 3.00. The number of hydrogen-bond acceptors (Lipinski definition) is 8. The van der Waals surface area contributed by atoms with Crippen LogP contribution in [0.5, 0.6) is 11.5 Å². The van der Waals surface area contributed by atoms with Crippen LogP contribution >= 0.6 is 0 Å². The maximum Gasteiger partial charge on any atom is 0.335 e. The molecule has 2 aromatic carbocycles. The summed E-state index contributed by atoms with van der Waals surface area (Å²) in [7, 11) is 1.54. The van der Waals surface area contributed by atoms with E-state index in [1.54, 1.807) is 48.5 Å². The van der Waals surface area contributed by atoms with Crippen LogP contribution in [0, 0.1) is 0 Å². The molecule has 1 aliphatic rings. The summed E-state index contributed by atoms with van der Waals surface area (Å²) in [5, 5.41) is 38.8. The molecule has 1 heterocycles. The molecule has 1 saturated heterocycles. The Hall–Kier alpha value is -3.24. The largest absolute Gasteiger partial charge is 0.497 e. The topological polar surface area (TPSA) is 143 Å². The molecule has 0 aliphatic carbocycles. The van der Waals surface area contributed by atoms with Crippen LogP contribution in [0.4, 0.5) is 0 Å². The van der Waals surface area contributed by atoms with E-state index in [0.29, 0.717) is 16.9 Å². The van der Waals surface area contributed by atoms with Crippen molar-refractivity contribution in [2.45, 2.75) is 30.7 Å². The van der Waals surface area contributed by atoms with E-state index >= 15 is 0 Å². The predicted octanol–water partition coefficient (Wildman–Crippen LogP) is 0.862. The fraction of sp³-hybridized carbons (Fsp3) is 0.273. The predicted molar refractivity (Wildman–Crippen MR) is 108 cm³/mol. The van der Waals surface area contributed by atoms with Crippen molar-refractivity contribution in [2.24, 2.45) is 0 Å². The van der Waals surface area contributed by atoms with E-state index in [1.165, 1.54) is 19.3 Å². The highest BCUT2D eigenvalue weighted by Gasteiger charge is 2.48. The number of carbonyl (C=O) groups is 2. The van der Waals surface area contributed by atoms with Gasteiger partial charge >= 0.3 is 5.97 Å². The third-order valence-electron chi connectivity index (χ3n) is 4.73. The van der Waals surface area contributed by atoms with E-state index in [1.807, 2.05) is 0 Å². The number of ketones is 1. The minimum Gasteiger partial charge on any atom is -0.497 e. The lowest BCUT2D eigenvalue weighted by molar-refractivity contribution is -0.271. The zero-order chi connectivity index (χ0) is 22.5. The van der Waals surface area contributed by atoms with Crippen LogP contribution in [0.2, 0.25) is 0 Å². The van der Waals surface area contributed by atoms with Crippen LogP contribution in [0.3, 0.4) is 0 Å². The summed E-state index contributed by atoms with van der Waals surface area (Å²) >= 11 is 0. The van der Waals surface area contributed by atoms with Crippen LogP contribution < -0.4 is 9.47 Å². The lowest BCUT2D eigenvalue weighted by atomic mass is 9.99. The summed E-state index contributed by atoms with van der Waals surface area (Å²) in [5.41, 5.74) is 1.08. The van der Waals surface area contributed by atoms with E-state index in [9.17, 15) is 24.9 Å². The Kier molecular flexibility index (Phi) is 7.03. The van der Waals surface area contributed by atoms with Gasteiger partial charge in [0, 0.05) is 5.56 Å². The van der Waals surface area contributed by atoms with E-state index in [-0.39, 0.29) is 11.5 Å². The zero-order valence-electron chi connectivity index (χ0n) is 16.5. The normalized spacial score (nSPS) is 25.9. The molecule has 9 nitrogen and oxygen atoms in total. The second kappa shape index (κ2) is 9.71. The number of hydrogen-bond donors (Lipinski definition) is 4. The first-order valence-electron chi connectivity index (χ1n) is 9.36. The maximum absolute atomic E-state index is 12.3. The van der Waals surface area contributed by atoms with E-state index in [4.69, 9.17) is 19.3 Å². The molecule has 0 saturated carbocycles. The molecule has 2 aromatic rings. The second-order valence-corrected chi connectivity index (χ2v) is 6.85. The first kappa shape index (κ1) is 22.4. The molecule has 0 spiro atoms. The number of ether oxygens (including phenoxy) is 3. The van der Waals surface area contributed by atoms with Crippen LogP contribution in [-0.4, -0.2) is 70.0 Å². The molecule has 1 aliphatic heterocycles. The minimum absolute atomic E-state index is 0.204. The number of allylic oxidation sites excluding steroid dienone is 1. The van der Waals surface area contributed by atoms with Crippen molar-refractivity contribution in [3.05, 3.63) is 65.7 Å². The molecule has 1 fully saturated rings.